The SMILES string of the molecule is CCCNCc1ccc(-c2ccc(CC)cc2)n(C)c1=O. The van der Waals surface area contributed by atoms with Crippen LogP contribution in [0.15, 0.2) is 41.2 Å². The van der Waals surface area contributed by atoms with Gasteiger partial charge < -0.3 is 9.88 Å². The highest BCUT2D eigenvalue weighted by Crippen LogP contribution is 2.18. The lowest BCUT2D eigenvalue weighted by Gasteiger charge is -2.11. The fourth-order valence-electron chi connectivity index (χ4n) is 2.42. The van der Waals surface area contributed by atoms with Gasteiger partial charge in [0.05, 0.1) is 5.69 Å². The van der Waals surface area contributed by atoms with E-state index in [2.05, 4.69) is 43.4 Å². The first-order chi connectivity index (χ1) is 10.2. The molecule has 0 saturated carbocycles. The first-order valence-electron chi connectivity index (χ1n) is 7.66. The molecule has 0 bridgehead atoms. The molecule has 21 heavy (non-hydrogen) atoms. The van der Waals surface area contributed by atoms with Gasteiger partial charge in [0, 0.05) is 19.2 Å². The number of pyridine rings is 1. The monoisotopic (exact) mass is 284 g/mol. The van der Waals surface area contributed by atoms with Crippen molar-refractivity contribution >= 4 is 0 Å². The highest BCUT2D eigenvalue weighted by atomic mass is 16.1. The van der Waals surface area contributed by atoms with Crippen LogP contribution in [-0.2, 0) is 20.0 Å². The lowest BCUT2D eigenvalue weighted by molar-refractivity contribution is 0.664. The minimum absolute atomic E-state index is 0.0793. The Kier molecular flexibility index (Phi) is 5.34. The Labute approximate surface area is 126 Å². The lowest BCUT2D eigenvalue weighted by Crippen LogP contribution is -2.26. The van der Waals surface area contributed by atoms with E-state index < -0.39 is 0 Å². The van der Waals surface area contributed by atoms with E-state index in [9.17, 15) is 4.79 Å². The third-order valence-corrected chi connectivity index (χ3v) is 3.78. The molecule has 2 rings (SSSR count). The van der Waals surface area contributed by atoms with E-state index in [4.69, 9.17) is 0 Å². The zero-order valence-electron chi connectivity index (χ0n) is 13.1. The summed E-state index contributed by atoms with van der Waals surface area (Å²) in [6.07, 6.45) is 2.10. The van der Waals surface area contributed by atoms with Gasteiger partial charge in [-0.05, 0) is 36.6 Å². The van der Waals surface area contributed by atoms with Crippen LogP contribution in [0.2, 0.25) is 0 Å². The molecule has 1 aromatic heterocycles. The summed E-state index contributed by atoms with van der Waals surface area (Å²) in [6.45, 7) is 5.83. The molecule has 0 radical (unpaired) electrons. The molecule has 0 unspecified atom stereocenters. The van der Waals surface area contributed by atoms with Crippen LogP contribution in [0.3, 0.4) is 0 Å². The summed E-state index contributed by atoms with van der Waals surface area (Å²) in [5, 5.41) is 3.28. The van der Waals surface area contributed by atoms with Crippen molar-refractivity contribution in [2.75, 3.05) is 6.54 Å². The molecule has 0 aliphatic carbocycles. The van der Waals surface area contributed by atoms with Gasteiger partial charge in [0.1, 0.15) is 0 Å². The van der Waals surface area contributed by atoms with Crippen molar-refractivity contribution in [1.29, 1.82) is 0 Å². The minimum Gasteiger partial charge on any atom is -0.312 e. The number of nitrogens with zero attached hydrogens (tertiary/aromatic N) is 1. The van der Waals surface area contributed by atoms with Crippen LogP contribution in [0.4, 0.5) is 0 Å². The van der Waals surface area contributed by atoms with E-state index in [0.717, 1.165) is 36.2 Å². The Morgan fingerprint density at radius 2 is 1.76 bits per heavy atom. The lowest BCUT2D eigenvalue weighted by atomic mass is 10.1. The van der Waals surface area contributed by atoms with Crippen molar-refractivity contribution in [2.45, 2.75) is 33.2 Å². The predicted octanol–water partition coefficient (Wildman–Crippen LogP) is 3.11. The van der Waals surface area contributed by atoms with E-state index in [1.54, 1.807) is 4.57 Å². The van der Waals surface area contributed by atoms with Crippen molar-refractivity contribution in [2.24, 2.45) is 7.05 Å². The molecule has 0 fully saturated rings. The van der Waals surface area contributed by atoms with Gasteiger partial charge in [0.2, 0.25) is 0 Å². The van der Waals surface area contributed by atoms with Gasteiger partial charge in [-0.1, -0.05) is 44.2 Å². The molecular weight excluding hydrogens is 260 g/mol. The molecule has 0 atom stereocenters. The second kappa shape index (κ2) is 7.23. The summed E-state index contributed by atoms with van der Waals surface area (Å²) < 4.78 is 1.74. The zero-order valence-corrected chi connectivity index (χ0v) is 13.1. The fraction of sp³-hybridized carbons (Fsp3) is 0.389. The standard InChI is InChI=1S/C18H24N2O/c1-4-12-19-13-16-10-11-17(20(3)18(16)21)15-8-6-14(5-2)7-9-15/h6-11,19H,4-5,12-13H2,1-3H3. The molecule has 1 N–H and O–H groups in total. The van der Waals surface area contributed by atoms with Crippen LogP contribution < -0.4 is 10.9 Å². The first kappa shape index (κ1) is 15.5. The highest BCUT2D eigenvalue weighted by molar-refractivity contribution is 5.60. The molecule has 3 heteroatoms. The number of aromatic nitrogens is 1. The quantitative estimate of drug-likeness (QED) is 0.827. The van der Waals surface area contributed by atoms with Crippen LogP contribution in [0.5, 0.6) is 0 Å². The maximum Gasteiger partial charge on any atom is 0.255 e. The Hall–Kier alpha value is -1.87. The Morgan fingerprint density at radius 1 is 1.05 bits per heavy atom. The average molecular weight is 284 g/mol. The van der Waals surface area contributed by atoms with Gasteiger partial charge in [-0.2, -0.15) is 0 Å². The van der Waals surface area contributed by atoms with Gasteiger partial charge in [-0.25, -0.2) is 0 Å². The smallest absolute Gasteiger partial charge is 0.255 e. The number of hydrogen-bond donors (Lipinski definition) is 1. The Morgan fingerprint density at radius 3 is 2.38 bits per heavy atom. The van der Waals surface area contributed by atoms with Gasteiger partial charge >= 0.3 is 0 Å². The van der Waals surface area contributed by atoms with E-state index in [0.29, 0.717) is 6.54 Å². The minimum atomic E-state index is 0.0793. The maximum absolute atomic E-state index is 12.4. The normalized spacial score (nSPS) is 10.8. The fourth-order valence-corrected chi connectivity index (χ4v) is 2.42. The summed E-state index contributed by atoms with van der Waals surface area (Å²) >= 11 is 0. The largest absolute Gasteiger partial charge is 0.312 e. The van der Waals surface area contributed by atoms with Crippen LogP contribution in [0, 0.1) is 0 Å². The van der Waals surface area contributed by atoms with Crippen LogP contribution in [0.1, 0.15) is 31.4 Å². The summed E-state index contributed by atoms with van der Waals surface area (Å²) in [5.41, 5.74) is 4.25. The Bertz CT molecular complexity index is 641. The van der Waals surface area contributed by atoms with E-state index in [1.807, 2.05) is 19.2 Å². The highest BCUT2D eigenvalue weighted by Gasteiger charge is 2.07. The third kappa shape index (κ3) is 3.61. The molecular formula is C18H24N2O. The molecule has 0 spiro atoms. The van der Waals surface area contributed by atoms with Gasteiger partial charge in [0.15, 0.2) is 0 Å². The van der Waals surface area contributed by atoms with Gasteiger partial charge in [0.25, 0.3) is 5.56 Å². The second-order valence-corrected chi connectivity index (χ2v) is 5.34. The molecule has 2 aromatic rings. The topological polar surface area (TPSA) is 34.0 Å². The van der Waals surface area contributed by atoms with Crippen LogP contribution in [-0.4, -0.2) is 11.1 Å². The third-order valence-electron chi connectivity index (χ3n) is 3.78. The van der Waals surface area contributed by atoms with Crippen molar-refractivity contribution in [1.82, 2.24) is 9.88 Å². The molecule has 1 aromatic carbocycles. The van der Waals surface area contributed by atoms with Crippen LogP contribution >= 0.6 is 0 Å². The molecule has 0 amide bonds. The van der Waals surface area contributed by atoms with E-state index in [1.165, 1.54) is 5.56 Å². The number of hydrogen-bond acceptors (Lipinski definition) is 2. The summed E-state index contributed by atoms with van der Waals surface area (Å²) in [4.78, 5) is 12.4. The number of rotatable bonds is 6. The molecule has 112 valence electrons. The zero-order chi connectivity index (χ0) is 15.2. The molecule has 0 aliphatic rings. The summed E-state index contributed by atoms with van der Waals surface area (Å²) in [5.74, 6) is 0. The summed E-state index contributed by atoms with van der Waals surface area (Å²) in [6, 6.07) is 12.4. The molecule has 1 heterocycles. The maximum atomic E-state index is 12.4. The number of aryl methyl sites for hydroxylation is 1. The van der Waals surface area contributed by atoms with Crippen molar-refractivity contribution < 1.29 is 0 Å². The van der Waals surface area contributed by atoms with Gasteiger partial charge in [-0.3, -0.25) is 4.79 Å². The molecule has 3 nitrogen and oxygen atoms in total. The van der Waals surface area contributed by atoms with E-state index in [-0.39, 0.29) is 5.56 Å². The molecule has 0 saturated heterocycles. The second-order valence-electron chi connectivity index (χ2n) is 5.34. The molecule has 0 aliphatic heterocycles. The Balaban J connectivity index is 2.29. The van der Waals surface area contributed by atoms with Gasteiger partial charge in [-0.15, -0.1) is 0 Å². The van der Waals surface area contributed by atoms with Crippen molar-refractivity contribution in [3.05, 3.63) is 57.9 Å². The predicted molar refractivity (Wildman–Crippen MR) is 88.5 cm³/mol. The van der Waals surface area contributed by atoms with Crippen molar-refractivity contribution in [3.63, 3.8) is 0 Å². The number of benzene rings is 1. The van der Waals surface area contributed by atoms with Crippen LogP contribution in [0.25, 0.3) is 11.3 Å². The number of nitrogens with one attached hydrogen (secondary N) is 1. The van der Waals surface area contributed by atoms with E-state index >= 15 is 0 Å². The van der Waals surface area contributed by atoms with Crippen molar-refractivity contribution in [3.8, 4) is 11.3 Å². The summed E-state index contributed by atoms with van der Waals surface area (Å²) in [7, 11) is 1.84. The first-order valence-corrected chi connectivity index (χ1v) is 7.66. The average Bonchev–Trinajstić information content (AvgIpc) is 2.52.